The third kappa shape index (κ3) is 4.47. The summed E-state index contributed by atoms with van der Waals surface area (Å²) < 4.78 is 0. The predicted octanol–water partition coefficient (Wildman–Crippen LogP) is 3.54. The number of anilines is 1. The van der Waals surface area contributed by atoms with E-state index < -0.39 is 0 Å². The Bertz CT molecular complexity index is 536. The number of nitrogens with zero attached hydrogens (tertiary/aromatic N) is 2. The van der Waals surface area contributed by atoms with Gasteiger partial charge < -0.3 is 10.2 Å². The average molecular weight is 285 g/mol. The second-order valence-electron chi connectivity index (χ2n) is 7.42. The summed E-state index contributed by atoms with van der Waals surface area (Å²) >= 11 is 0. The van der Waals surface area contributed by atoms with Crippen molar-refractivity contribution in [3.05, 3.63) is 29.3 Å². The van der Waals surface area contributed by atoms with Crippen LogP contribution in [-0.4, -0.2) is 19.1 Å². The average Bonchev–Trinajstić information content (AvgIpc) is 3.10. The maximum absolute atomic E-state index is 9.42. The minimum absolute atomic E-state index is 0.0877. The number of nitrogens with one attached hydrogen (secondary N) is 1. The van der Waals surface area contributed by atoms with Crippen LogP contribution >= 0.6 is 0 Å². The molecule has 1 aliphatic rings. The summed E-state index contributed by atoms with van der Waals surface area (Å²) in [6.07, 6.45) is 1.32. The molecule has 1 aromatic rings. The Balaban J connectivity index is 2.07. The SMILES string of the molecule is CC1CC1CN(C)c1ccc(CNC(C)(C)C)cc1C#N. The molecule has 3 heteroatoms. The molecule has 0 bridgehead atoms. The highest BCUT2D eigenvalue weighted by molar-refractivity contribution is 5.60. The second-order valence-corrected chi connectivity index (χ2v) is 7.42. The molecule has 0 spiro atoms. The van der Waals surface area contributed by atoms with E-state index in [0.29, 0.717) is 0 Å². The van der Waals surface area contributed by atoms with Gasteiger partial charge in [0, 0.05) is 25.7 Å². The van der Waals surface area contributed by atoms with Crippen molar-refractivity contribution in [3.63, 3.8) is 0 Å². The second kappa shape index (κ2) is 6.07. The summed E-state index contributed by atoms with van der Waals surface area (Å²) in [4.78, 5) is 2.23. The summed E-state index contributed by atoms with van der Waals surface area (Å²) in [6.45, 7) is 10.6. The third-order valence-electron chi connectivity index (χ3n) is 4.20. The molecule has 0 amide bonds. The first-order chi connectivity index (χ1) is 9.80. The Morgan fingerprint density at radius 3 is 2.57 bits per heavy atom. The lowest BCUT2D eigenvalue weighted by Crippen LogP contribution is -2.35. The van der Waals surface area contributed by atoms with Crippen LogP contribution < -0.4 is 10.2 Å². The molecule has 0 heterocycles. The number of rotatable bonds is 5. The van der Waals surface area contributed by atoms with Crippen molar-refractivity contribution >= 4 is 5.69 Å². The molecule has 2 unspecified atom stereocenters. The van der Waals surface area contributed by atoms with Crippen molar-refractivity contribution in [1.82, 2.24) is 5.32 Å². The molecular formula is C18H27N3. The van der Waals surface area contributed by atoms with Gasteiger partial charge >= 0.3 is 0 Å². The van der Waals surface area contributed by atoms with Gasteiger partial charge in [0.05, 0.1) is 11.3 Å². The summed E-state index contributed by atoms with van der Waals surface area (Å²) in [5.74, 6) is 1.64. The van der Waals surface area contributed by atoms with Crippen molar-refractivity contribution in [2.45, 2.75) is 46.2 Å². The highest BCUT2D eigenvalue weighted by Gasteiger charge is 2.33. The zero-order valence-corrected chi connectivity index (χ0v) is 13.9. The molecule has 2 rings (SSSR count). The smallest absolute Gasteiger partial charge is 0.101 e. The Morgan fingerprint density at radius 2 is 2.05 bits per heavy atom. The van der Waals surface area contributed by atoms with Gasteiger partial charge in [0.2, 0.25) is 0 Å². The van der Waals surface area contributed by atoms with Gasteiger partial charge in [-0.25, -0.2) is 0 Å². The number of hydrogen-bond acceptors (Lipinski definition) is 3. The van der Waals surface area contributed by atoms with Crippen LogP contribution in [0.5, 0.6) is 0 Å². The fraction of sp³-hybridized carbons (Fsp3) is 0.611. The Kier molecular flexibility index (Phi) is 4.58. The topological polar surface area (TPSA) is 39.1 Å². The van der Waals surface area contributed by atoms with E-state index in [1.165, 1.54) is 12.0 Å². The van der Waals surface area contributed by atoms with Crippen molar-refractivity contribution in [3.8, 4) is 6.07 Å². The van der Waals surface area contributed by atoms with E-state index in [2.05, 4.69) is 63.2 Å². The third-order valence-corrected chi connectivity index (χ3v) is 4.20. The summed E-state index contributed by atoms with van der Waals surface area (Å²) in [7, 11) is 2.09. The van der Waals surface area contributed by atoms with Gasteiger partial charge in [-0.1, -0.05) is 13.0 Å². The van der Waals surface area contributed by atoms with Crippen LogP contribution in [0.15, 0.2) is 18.2 Å². The van der Waals surface area contributed by atoms with E-state index in [4.69, 9.17) is 0 Å². The lowest BCUT2D eigenvalue weighted by molar-refractivity contribution is 0.424. The Labute approximate surface area is 129 Å². The first-order valence-corrected chi connectivity index (χ1v) is 7.79. The number of hydrogen-bond donors (Lipinski definition) is 1. The van der Waals surface area contributed by atoms with E-state index in [1.807, 2.05) is 6.07 Å². The van der Waals surface area contributed by atoms with Crippen LogP contribution in [0.3, 0.4) is 0 Å². The Morgan fingerprint density at radius 1 is 1.38 bits per heavy atom. The Hall–Kier alpha value is -1.53. The van der Waals surface area contributed by atoms with E-state index in [9.17, 15) is 5.26 Å². The zero-order chi connectivity index (χ0) is 15.6. The fourth-order valence-electron chi connectivity index (χ4n) is 2.59. The van der Waals surface area contributed by atoms with Gasteiger partial charge in [-0.2, -0.15) is 5.26 Å². The van der Waals surface area contributed by atoms with Crippen LogP contribution in [0.2, 0.25) is 0 Å². The molecule has 21 heavy (non-hydrogen) atoms. The monoisotopic (exact) mass is 285 g/mol. The van der Waals surface area contributed by atoms with E-state index >= 15 is 0 Å². The van der Waals surface area contributed by atoms with Gasteiger partial charge in [-0.3, -0.25) is 0 Å². The van der Waals surface area contributed by atoms with Crippen LogP contribution in [0.4, 0.5) is 5.69 Å². The van der Waals surface area contributed by atoms with Gasteiger partial charge in [-0.05, 0) is 56.7 Å². The zero-order valence-electron chi connectivity index (χ0n) is 13.9. The maximum Gasteiger partial charge on any atom is 0.101 e. The lowest BCUT2D eigenvalue weighted by atomic mass is 10.1. The van der Waals surface area contributed by atoms with Gasteiger partial charge in [0.15, 0.2) is 0 Å². The van der Waals surface area contributed by atoms with E-state index in [0.717, 1.165) is 36.2 Å². The summed E-state index contributed by atoms with van der Waals surface area (Å²) in [5, 5.41) is 12.9. The number of nitriles is 1. The normalized spacial score (nSPS) is 21.0. The molecule has 2 atom stereocenters. The van der Waals surface area contributed by atoms with Crippen molar-refractivity contribution in [1.29, 1.82) is 5.26 Å². The summed E-state index contributed by atoms with van der Waals surface area (Å²) in [5.41, 5.74) is 3.08. The lowest BCUT2D eigenvalue weighted by Gasteiger charge is -2.23. The fourth-order valence-corrected chi connectivity index (χ4v) is 2.59. The first-order valence-electron chi connectivity index (χ1n) is 7.79. The van der Waals surface area contributed by atoms with Crippen LogP contribution in [-0.2, 0) is 6.54 Å². The number of benzene rings is 1. The molecule has 1 N–H and O–H groups in total. The van der Waals surface area contributed by atoms with Gasteiger partial charge in [-0.15, -0.1) is 0 Å². The van der Waals surface area contributed by atoms with Crippen molar-refractivity contribution in [2.24, 2.45) is 11.8 Å². The molecule has 0 aromatic heterocycles. The van der Waals surface area contributed by atoms with Crippen molar-refractivity contribution < 1.29 is 0 Å². The minimum Gasteiger partial charge on any atom is -0.373 e. The maximum atomic E-state index is 9.42. The minimum atomic E-state index is 0.0877. The molecule has 3 nitrogen and oxygen atoms in total. The predicted molar refractivity (Wildman–Crippen MR) is 88.3 cm³/mol. The molecule has 0 saturated heterocycles. The van der Waals surface area contributed by atoms with Crippen LogP contribution in [0.25, 0.3) is 0 Å². The molecule has 1 aromatic carbocycles. The van der Waals surface area contributed by atoms with Gasteiger partial charge in [0.1, 0.15) is 6.07 Å². The summed E-state index contributed by atoms with van der Waals surface area (Å²) in [6, 6.07) is 8.58. The largest absolute Gasteiger partial charge is 0.373 e. The highest BCUT2D eigenvalue weighted by Crippen LogP contribution is 2.39. The molecule has 0 aliphatic heterocycles. The quantitative estimate of drug-likeness (QED) is 0.899. The van der Waals surface area contributed by atoms with E-state index in [-0.39, 0.29) is 5.54 Å². The van der Waals surface area contributed by atoms with Crippen LogP contribution in [0.1, 0.15) is 45.2 Å². The molecule has 0 radical (unpaired) electrons. The van der Waals surface area contributed by atoms with Gasteiger partial charge in [0.25, 0.3) is 0 Å². The molecule has 1 saturated carbocycles. The van der Waals surface area contributed by atoms with E-state index in [1.54, 1.807) is 0 Å². The molecular weight excluding hydrogens is 258 g/mol. The first kappa shape index (κ1) is 15.9. The van der Waals surface area contributed by atoms with Crippen LogP contribution in [0, 0.1) is 23.2 Å². The molecule has 1 aliphatic carbocycles. The molecule has 1 fully saturated rings. The molecule has 114 valence electrons. The highest BCUT2D eigenvalue weighted by atomic mass is 15.1. The standard InChI is InChI=1S/C18H27N3/c1-13-8-16(13)12-21(5)17-7-6-14(9-15(17)10-19)11-20-18(2,3)4/h6-7,9,13,16,20H,8,11-12H2,1-5H3. The van der Waals surface area contributed by atoms with Crippen molar-refractivity contribution in [2.75, 3.05) is 18.5 Å².